The fourth-order valence-electron chi connectivity index (χ4n) is 4.42. The van der Waals surface area contributed by atoms with E-state index in [4.69, 9.17) is 23.7 Å². The summed E-state index contributed by atoms with van der Waals surface area (Å²) in [5.74, 6) is -0.866. The van der Waals surface area contributed by atoms with E-state index in [0.29, 0.717) is 11.5 Å². The second-order valence-electron chi connectivity index (χ2n) is 12.4. The summed E-state index contributed by atoms with van der Waals surface area (Å²) in [5, 5.41) is 0. The molecule has 9 heteroatoms. The molecule has 1 heterocycles. The van der Waals surface area contributed by atoms with E-state index in [1.807, 2.05) is 18.2 Å². The smallest absolute Gasteiger partial charge is 0.420 e. The molecule has 0 radical (unpaired) electrons. The van der Waals surface area contributed by atoms with Crippen molar-refractivity contribution < 1.29 is 38.1 Å². The van der Waals surface area contributed by atoms with Gasteiger partial charge in [0.1, 0.15) is 17.3 Å². The maximum absolute atomic E-state index is 13.5. The first-order valence-electron chi connectivity index (χ1n) is 14.4. The first kappa shape index (κ1) is 33.6. The van der Waals surface area contributed by atoms with Gasteiger partial charge in [-0.15, -0.1) is 0 Å². The molecule has 0 aliphatic carbocycles. The van der Waals surface area contributed by atoms with Crippen LogP contribution in [0.3, 0.4) is 0 Å². The first-order valence-corrected chi connectivity index (χ1v) is 14.4. The lowest BCUT2D eigenvalue weighted by Gasteiger charge is -2.32. The summed E-state index contributed by atoms with van der Waals surface area (Å²) in [6.45, 7) is 14.5. The summed E-state index contributed by atoms with van der Waals surface area (Å²) in [5.41, 5.74) is -0.627. The number of hydrogen-bond donors (Lipinski definition) is 0. The number of nitrogens with zero attached hydrogens (tertiary/aromatic N) is 1. The molecular weight excluding hydrogens is 514 g/mol. The molecule has 2 rings (SSSR count). The normalized spacial score (nSPS) is 22.4. The number of carbonyl (C=O) groups is 3. The number of benzene rings is 1. The Morgan fingerprint density at radius 3 is 2.10 bits per heavy atom. The van der Waals surface area contributed by atoms with Crippen LogP contribution in [0.2, 0.25) is 0 Å². The summed E-state index contributed by atoms with van der Waals surface area (Å²) in [6, 6.07) is 8.75. The van der Waals surface area contributed by atoms with Crippen LogP contribution in [0.4, 0.5) is 9.59 Å². The predicted octanol–water partition coefficient (Wildman–Crippen LogP) is 6.31. The van der Waals surface area contributed by atoms with Gasteiger partial charge in [0.15, 0.2) is 6.04 Å². The molecule has 0 N–H and O–H groups in total. The second kappa shape index (κ2) is 15.4. The van der Waals surface area contributed by atoms with Gasteiger partial charge in [0, 0.05) is 12.5 Å². The summed E-state index contributed by atoms with van der Waals surface area (Å²) in [7, 11) is 0. The average molecular weight is 564 g/mol. The van der Waals surface area contributed by atoms with Crippen molar-refractivity contribution in [3.63, 3.8) is 0 Å². The van der Waals surface area contributed by atoms with Crippen LogP contribution >= 0.6 is 0 Å². The number of amides is 2. The topological polar surface area (TPSA) is 101 Å². The van der Waals surface area contributed by atoms with Crippen molar-refractivity contribution >= 4 is 18.2 Å². The highest BCUT2D eigenvalue weighted by atomic mass is 16.6. The summed E-state index contributed by atoms with van der Waals surface area (Å²) in [4.78, 5) is 40.6. The Kier molecular flexibility index (Phi) is 12.9. The van der Waals surface area contributed by atoms with Gasteiger partial charge in [-0.3, -0.25) is 0 Å². The highest BCUT2D eigenvalue weighted by molar-refractivity contribution is 5.94. The number of carbonyl (C=O) groups excluding carboxylic acids is 3. The van der Waals surface area contributed by atoms with Crippen LogP contribution in [0, 0.1) is 5.92 Å². The average Bonchev–Trinajstić information content (AvgIpc) is 2.88. The maximum Gasteiger partial charge on any atom is 0.420 e. The molecule has 0 unspecified atom stereocenters. The van der Waals surface area contributed by atoms with Gasteiger partial charge in [-0.25, -0.2) is 14.4 Å². The van der Waals surface area contributed by atoms with E-state index in [1.165, 1.54) is 5.56 Å². The van der Waals surface area contributed by atoms with Crippen LogP contribution in [-0.2, 0) is 34.9 Å². The third-order valence-corrected chi connectivity index (χ3v) is 6.31. The van der Waals surface area contributed by atoms with Crippen LogP contribution in [0.5, 0.6) is 0 Å². The molecule has 226 valence electrons. The molecule has 9 nitrogen and oxygen atoms in total. The van der Waals surface area contributed by atoms with Crippen molar-refractivity contribution in [2.45, 2.75) is 117 Å². The number of cyclic esters (lactones) is 1. The van der Waals surface area contributed by atoms with Crippen LogP contribution in [0.15, 0.2) is 30.3 Å². The van der Waals surface area contributed by atoms with Gasteiger partial charge in [0.2, 0.25) is 0 Å². The number of aryl methyl sites for hydroxylation is 1. The lowest BCUT2D eigenvalue weighted by atomic mass is 9.92. The van der Waals surface area contributed by atoms with Crippen LogP contribution in [0.1, 0.15) is 86.6 Å². The molecule has 1 aliphatic heterocycles. The number of ether oxygens (including phenoxy) is 5. The van der Waals surface area contributed by atoms with Crippen molar-refractivity contribution in [1.82, 2.24) is 4.90 Å². The Hall–Kier alpha value is -2.65. The van der Waals surface area contributed by atoms with Gasteiger partial charge < -0.3 is 23.7 Å². The standard InChI is InChI=1S/C31H49NO8/c1-9-10-14-19-37-26-22(2)38-27(33)25(21-36-20-24(26)18-17-23-15-12-11-13-16-23)32(28(34)39-30(3,4)5)29(35)40-31(6,7)8/h11-13,15-16,22,24-26H,9-10,14,17-21H2,1-8H3/t22-,24-,25-,26-/m0/s1. The molecule has 1 saturated heterocycles. The minimum atomic E-state index is -1.39. The molecule has 1 aliphatic rings. The van der Waals surface area contributed by atoms with Crippen molar-refractivity contribution in [3.05, 3.63) is 35.9 Å². The summed E-state index contributed by atoms with van der Waals surface area (Å²) in [6.07, 6.45) is 1.47. The van der Waals surface area contributed by atoms with E-state index in [0.717, 1.165) is 32.1 Å². The highest BCUT2D eigenvalue weighted by Gasteiger charge is 2.44. The third kappa shape index (κ3) is 11.5. The summed E-state index contributed by atoms with van der Waals surface area (Å²) >= 11 is 0. The minimum Gasteiger partial charge on any atom is -0.458 e. The van der Waals surface area contributed by atoms with Crippen LogP contribution < -0.4 is 0 Å². The quantitative estimate of drug-likeness (QED) is 0.196. The number of unbranched alkanes of at least 4 members (excludes halogenated alkanes) is 2. The Morgan fingerprint density at radius 2 is 1.55 bits per heavy atom. The fourth-order valence-corrected chi connectivity index (χ4v) is 4.42. The zero-order chi connectivity index (χ0) is 29.9. The Labute approximate surface area is 239 Å². The molecule has 0 spiro atoms. The number of rotatable bonds is 9. The lowest BCUT2D eigenvalue weighted by molar-refractivity contribution is -0.163. The number of imide groups is 1. The summed E-state index contributed by atoms with van der Waals surface area (Å²) < 4.78 is 29.2. The fraction of sp³-hybridized carbons (Fsp3) is 0.710. The van der Waals surface area contributed by atoms with Gasteiger partial charge in [0.05, 0.1) is 19.3 Å². The van der Waals surface area contributed by atoms with Gasteiger partial charge >= 0.3 is 18.2 Å². The van der Waals surface area contributed by atoms with Crippen molar-refractivity contribution in [1.29, 1.82) is 0 Å². The van der Waals surface area contributed by atoms with Crippen LogP contribution in [0.25, 0.3) is 0 Å². The van der Waals surface area contributed by atoms with E-state index in [2.05, 4.69) is 19.1 Å². The second-order valence-corrected chi connectivity index (χ2v) is 12.4. The molecule has 0 saturated carbocycles. The molecule has 4 atom stereocenters. The van der Waals surface area contributed by atoms with E-state index >= 15 is 0 Å². The SMILES string of the molecule is CCCCCO[C@@H]1[C@@H](CCc2ccccc2)COC[C@H](N(C(=O)OC(C)(C)C)C(=O)OC(C)(C)C)C(=O)O[C@H]1C. The highest BCUT2D eigenvalue weighted by Crippen LogP contribution is 2.26. The number of esters is 1. The Balaban J connectivity index is 2.33. The van der Waals surface area contributed by atoms with Crippen molar-refractivity contribution in [2.24, 2.45) is 5.92 Å². The molecule has 1 fully saturated rings. The monoisotopic (exact) mass is 563 g/mol. The molecule has 1 aromatic carbocycles. The zero-order valence-electron chi connectivity index (χ0n) is 25.6. The van der Waals surface area contributed by atoms with Crippen LogP contribution in [-0.4, -0.2) is 72.3 Å². The van der Waals surface area contributed by atoms with Gasteiger partial charge in [-0.05, 0) is 73.3 Å². The zero-order valence-corrected chi connectivity index (χ0v) is 25.6. The van der Waals surface area contributed by atoms with Crippen molar-refractivity contribution in [2.75, 3.05) is 19.8 Å². The Morgan fingerprint density at radius 1 is 0.950 bits per heavy atom. The lowest BCUT2D eigenvalue weighted by Crippen LogP contribution is -2.54. The van der Waals surface area contributed by atoms with Crippen molar-refractivity contribution in [3.8, 4) is 0 Å². The molecule has 2 amide bonds. The maximum atomic E-state index is 13.5. The molecule has 0 aromatic heterocycles. The van der Waals surface area contributed by atoms with Gasteiger partial charge in [-0.1, -0.05) is 50.1 Å². The van der Waals surface area contributed by atoms with Gasteiger partial charge in [-0.2, -0.15) is 4.90 Å². The van der Waals surface area contributed by atoms with Gasteiger partial charge in [0.25, 0.3) is 0 Å². The van der Waals surface area contributed by atoms with E-state index in [1.54, 1.807) is 48.5 Å². The Bertz CT molecular complexity index is 909. The van der Waals surface area contributed by atoms with E-state index in [9.17, 15) is 14.4 Å². The molecular formula is C31H49NO8. The first-order chi connectivity index (χ1) is 18.7. The molecule has 0 bridgehead atoms. The molecule has 40 heavy (non-hydrogen) atoms. The molecule has 1 aromatic rings. The van der Waals surface area contributed by atoms with E-state index < -0.39 is 47.6 Å². The minimum absolute atomic E-state index is 0.0834. The number of hydrogen-bond acceptors (Lipinski definition) is 8. The van der Waals surface area contributed by atoms with E-state index in [-0.39, 0.29) is 19.1 Å². The predicted molar refractivity (Wildman–Crippen MR) is 152 cm³/mol. The third-order valence-electron chi connectivity index (χ3n) is 6.31. The largest absolute Gasteiger partial charge is 0.458 e.